The molecular weight excluding hydrogens is 508 g/mol. The monoisotopic (exact) mass is 538 g/mol. The molecule has 5 aromatic rings. The van der Waals surface area contributed by atoms with Crippen molar-refractivity contribution in [3.63, 3.8) is 0 Å². The summed E-state index contributed by atoms with van der Waals surface area (Å²) >= 11 is 0. The van der Waals surface area contributed by atoms with Gasteiger partial charge in [0, 0.05) is 11.1 Å². The first-order valence-electron chi connectivity index (χ1n) is 13.6. The molecule has 41 heavy (non-hydrogen) atoms. The van der Waals surface area contributed by atoms with Crippen LogP contribution in [0.25, 0.3) is 45.0 Å². The van der Waals surface area contributed by atoms with Crippen molar-refractivity contribution in [2.24, 2.45) is 10.8 Å². The number of nitrogens with zero attached hydrogens (tertiary/aromatic N) is 4. The highest BCUT2D eigenvalue weighted by atomic mass is 16.2. The van der Waals surface area contributed by atoms with Gasteiger partial charge in [-0.15, -0.1) is 0 Å². The highest BCUT2D eigenvalue weighted by Gasteiger charge is 2.60. The first kappa shape index (κ1) is 26.3. The smallest absolute Gasteiger partial charge is 0.243 e. The third-order valence-electron chi connectivity index (χ3n) is 8.32. The SMILES string of the molecule is CC1(C)C(=O)N(c2nc(-c3cccc(-c4ccccc4)c3)nc(-c3cccc(-c4ccccc4)c3)n2)C(=O)C1(C)C. The minimum Gasteiger partial charge on any atom is -0.273 e. The normalized spacial score (nSPS) is 15.8. The Bertz CT molecular complexity index is 1650. The molecule has 1 aromatic heterocycles. The van der Waals surface area contributed by atoms with Crippen molar-refractivity contribution in [1.82, 2.24) is 15.0 Å². The maximum absolute atomic E-state index is 13.6. The molecule has 2 heterocycles. The molecule has 6 nitrogen and oxygen atoms in total. The number of aromatic nitrogens is 3. The van der Waals surface area contributed by atoms with Crippen molar-refractivity contribution >= 4 is 17.8 Å². The summed E-state index contributed by atoms with van der Waals surface area (Å²) in [6, 6.07) is 36.0. The largest absolute Gasteiger partial charge is 0.273 e. The lowest BCUT2D eigenvalue weighted by Crippen LogP contribution is -2.35. The molecule has 1 fully saturated rings. The van der Waals surface area contributed by atoms with Crippen molar-refractivity contribution in [2.45, 2.75) is 27.7 Å². The Hall–Kier alpha value is -4.97. The Morgan fingerprint density at radius 3 is 1.24 bits per heavy atom. The Labute approximate surface area is 239 Å². The summed E-state index contributed by atoms with van der Waals surface area (Å²) in [6.07, 6.45) is 0. The fourth-order valence-corrected chi connectivity index (χ4v) is 5.03. The lowest BCUT2D eigenvalue weighted by Gasteiger charge is -2.28. The first-order valence-corrected chi connectivity index (χ1v) is 13.6. The second-order valence-electron chi connectivity index (χ2n) is 11.4. The van der Waals surface area contributed by atoms with Crippen LogP contribution in [0.4, 0.5) is 5.95 Å². The van der Waals surface area contributed by atoms with Gasteiger partial charge in [0.25, 0.3) is 0 Å². The highest BCUT2D eigenvalue weighted by molar-refractivity contribution is 6.24. The van der Waals surface area contributed by atoms with E-state index in [9.17, 15) is 9.59 Å². The molecule has 0 N–H and O–H groups in total. The van der Waals surface area contributed by atoms with Gasteiger partial charge in [-0.25, -0.2) is 9.88 Å². The topological polar surface area (TPSA) is 76.1 Å². The molecule has 0 saturated carbocycles. The molecular formula is C35H30N4O2. The number of hydrogen-bond donors (Lipinski definition) is 0. The summed E-state index contributed by atoms with van der Waals surface area (Å²) in [5.74, 6) is 0.152. The van der Waals surface area contributed by atoms with Crippen LogP contribution in [0.5, 0.6) is 0 Å². The zero-order valence-electron chi connectivity index (χ0n) is 23.5. The molecule has 4 aromatic carbocycles. The van der Waals surface area contributed by atoms with E-state index < -0.39 is 10.8 Å². The zero-order chi connectivity index (χ0) is 28.8. The second kappa shape index (κ2) is 9.89. The van der Waals surface area contributed by atoms with E-state index >= 15 is 0 Å². The fourth-order valence-electron chi connectivity index (χ4n) is 5.03. The van der Waals surface area contributed by atoms with Gasteiger partial charge in [0.05, 0.1) is 10.8 Å². The number of carbonyl (C=O) groups is 2. The van der Waals surface area contributed by atoms with Gasteiger partial charge in [-0.2, -0.15) is 9.97 Å². The fraction of sp³-hybridized carbons (Fsp3) is 0.171. The molecule has 0 bridgehead atoms. The summed E-state index contributed by atoms with van der Waals surface area (Å²) < 4.78 is 0. The Balaban J connectivity index is 1.53. The lowest BCUT2D eigenvalue weighted by molar-refractivity contribution is -0.129. The van der Waals surface area contributed by atoms with Gasteiger partial charge >= 0.3 is 0 Å². The number of anilines is 1. The number of benzene rings is 4. The van der Waals surface area contributed by atoms with Gasteiger partial charge in [-0.05, 0) is 62.1 Å². The molecule has 6 heteroatoms. The van der Waals surface area contributed by atoms with Crippen LogP contribution >= 0.6 is 0 Å². The zero-order valence-corrected chi connectivity index (χ0v) is 23.5. The van der Waals surface area contributed by atoms with E-state index in [4.69, 9.17) is 15.0 Å². The quantitative estimate of drug-likeness (QED) is 0.217. The van der Waals surface area contributed by atoms with E-state index in [2.05, 4.69) is 0 Å². The summed E-state index contributed by atoms with van der Waals surface area (Å²) in [7, 11) is 0. The molecule has 2 amide bonds. The molecule has 0 atom stereocenters. The summed E-state index contributed by atoms with van der Waals surface area (Å²) in [4.78, 5) is 42.7. The molecule has 0 spiro atoms. The van der Waals surface area contributed by atoms with Crippen LogP contribution in [-0.4, -0.2) is 26.8 Å². The predicted octanol–water partition coefficient (Wildman–Crippen LogP) is 7.47. The van der Waals surface area contributed by atoms with Gasteiger partial charge in [-0.3, -0.25) is 9.59 Å². The van der Waals surface area contributed by atoms with Crippen LogP contribution in [0.2, 0.25) is 0 Å². The van der Waals surface area contributed by atoms with Crippen LogP contribution in [0.1, 0.15) is 27.7 Å². The van der Waals surface area contributed by atoms with Gasteiger partial charge in [0.2, 0.25) is 17.8 Å². The van der Waals surface area contributed by atoms with Crippen molar-refractivity contribution in [3.05, 3.63) is 109 Å². The number of carbonyl (C=O) groups excluding carboxylic acids is 2. The predicted molar refractivity (Wildman–Crippen MR) is 162 cm³/mol. The van der Waals surface area contributed by atoms with Gasteiger partial charge in [0.15, 0.2) is 11.6 Å². The molecule has 0 radical (unpaired) electrons. The average molecular weight is 539 g/mol. The van der Waals surface area contributed by atoms with Crippen molar-refractivity contribution < 1.29 is 9.59 Å². The number of hydrogen-bond acceptors (Lipinski definition) is 5. The van der Waals surface area contributed by atoms with Gasteiger partial charge in [-0.1, -0.05) is 97.1 Å². The third-order valence-corrected chi connectivity index (χ3v) is 8.32. The van der Waals surface area contributed by atoms with E-state index in [1.165, 1.54) is 0 Å². The van der Waals surface area contributed by atoms with Crippen LogP contribution in [0.3, 0.4) is 0 Å². The highest BCUT2D eigenvalue weighted by Crippen LogP contribution is 2.48. The number of amides is 2. The van der Waals surface area contributed by atoms with Crippen molar-refractivity contribution in [3.8, 4) is 45.0 Å². The molecule has 0 aliphatic carbocycles. The summed E-state index contributed by atoms with van der Waals surface area (Å²) in [5, 5.41) is 0. The molecule has 202 valence electrons. The Kier molecular flexibility index (Phi) is 6.34. The summed E-state index contributed by atoms with van der Waals surface area (Å²) in [5.41, 5.74) is 3.82. The van der Waals surface area contributed by atoms with Crippen molar-refractivity contribution in [1.29, 1.82) is 0 Å². The van der Waals surface area contributed by atoms with Crippen LogP contribution in [-0.2, 0) is 9.59 Å². The number of imide groups is 1. The summed E-state index contributed by atoms with van der Waals surface area (Å²) in [6.45, 7) is 7.18. The minimum atomic E-state index is -0.919. The maximum atomic E-state index is 13.6. The lowest BCUT2D eigenvalue weighted by atomic mass is 9.70. The van der Waals surface area contributed by atoms with E-state index in [0.717, 1.165) is 38.3 Å². The minimum absolute atomic E-state index is 0.0360. The van der Waals surface area contributed by atoms with Crippen LogP contribution < -0.4 is 4.90 Å². The number of rotatable bonds is 5. The van der Waals surface area contributed by atoms with Crippen LogP contribution in [0, 0.1) is 10.8 Å². The molecule has 1 saturated heterocycles. The molecule has 1 aliphatic heterocycles. The van der Waals surface area contributed by atoms with Gasteiger partial charge < -0.3 is 0 Å². The van der Waals surface area contributed by atoms with E-state index in [0.29, 0.717) is 11.6 Å². The van der Waals surface area contributed by atoms with E-state index in [-0.39, 0.29) is 17.8 Å². The Morgan fingerprint density at radius 2 is 0.829 bits per heavy atom. The average Bonchev–Trinajstić information content (AvgIpc) is 3.13. The maximum Gasteiger partial charge on any atom is 0.243 e. The molecule has 0 unspecified atom stereocenters. The van der Waals surface area contributed by atoms with E-state index in [1.807, 2.05) is 109 Å². The molecule has 6 rings (SSSR count). The van der Waals surface area contributed by atoms with Crippen molar-refractivity contribution in [2.75, 3.05) is 4.90 Å². The van der Waals surface area contributed by atoms with E-state index in [1.54, 1.807) is 27.7 Å². The Morgan fingerprint density at radius 1 is 0.463 bits per heavy atom. The first-order chi connectivity index (χ1) is 19.7. The van der Waals surface area contributed by atoms with Crippen LogP contribution in [0.15, 0.2) is 109 Å². The third kappa shape index (κ3) is 4.51. The van der Waals surface area contributed by atoms with Gasteiger partial charge in [0.1, 0.15) is 0 Å². The second-order valence-corrected chi connectivity index (χ2v) is 11.4. The molecule has 1 aliphatic rings. The standard InChI is InChI=1S/C35H30N4O2/c1-34(2)31(40)39(32(41)35(34,3)4)33-37-29(27-19-11-17-25(21-27)23-13-7-5-8-14-23)36-30(38-33)28-20-12-18-26(22-28)24-15-9-6-10-16-24/h5-22H,1-4H3.